The second kappa shape index (κ2) is 11.6. The zero-order chi connectivity index (χ0) is 24.7. The van der Waals surface area contributed by atoms with Crippen LogP contribution in [0.25, 0.3) is 0 Å². The number of likely N-dealkylation sites (tertiary alicyclic amines) is 1. The molecular weight excluding hydrogens is 448 g/mol. The molecule has 34 heavy (non-hydrogen) atoms. The molecule has 2 aliphatic rings. The summed E-state index contributed by atoms with van der Waals surface area (Å²) in [4.78, 5) is 37.2. The number of carboxylic acid groups (broad SMARTS) is 2. The summed E-state index contributed by atoms with van der Waals surface area (Å²) in [6.45, 7) is 4.79. The first-order valence-electron chi connectivity index (χ1n) is 11.0. The van der Waals surface area contributed by atoms with Crippen molar-refractivity contribution in [2.24, 2.45) is 0 Å². The molecule has 0 atom stereocenters. The van der Waals surface area contributed by atoms with Gasteiger partial charge in [0.15, 0.2) is 0 Å². The molecule has 8 nitrogen and oxygen atoms in total. The molecule has 2 aliphatic heterocycles. The molecular formula is C24H27F2N3O5. The lowest BCUT2D eigenvalue weighted by Gasteiger charge is -2.43. The molecule has 0 aliphatic carbocycles. The van der Waals surface area contributed by atoms with Crippen LogP contribution in [0.15, 0.2) is 48.5 Å². The van der Waals surface area contributed by atoms with Crippen LogP contribution in [0.3, 0.4) is 0 Å². The first kappa shape index (κ1) is 25.1. The van der Waals surface area contributed by atoms with Crippen LogP contribution in [0.5, 0.6) is 0 Å². The predicted molar refractivity (Wildman–Crippen MR) is 121 cm³/mol. The number of nitrogens with zero attached hydrogens (tertiary/aromatic N) is 3. The molecule has 2 fully saturated rings. The molecule has 0 unspecified atom stereocenters. The minimum atomic E-state index is -1.82. The molecule has 2 aromatic rings. The summed E-state index contributed by atoms with van der Waals surface area (Å²) < 4.78 is 27.4. The molecule has 0 saturated carbocycles. The molecule has 2 N–H and O–H groups in total. The van der Waals surface area contributed by atoms with Gasteiger partial charge in [0.1, 0.15) is 11.6 Å². The zero-order valence-electron chi connectivity index (χ0n) is 18.6. The van der Waals surface area contributed by atoms with E-state index < -0.39 is 11.9 Å². The molecule has 2 aromatic carbocycles. The van der Waals surface area contributed by atoms with Crippen molar-refractivity contribution >= 4 is 23.5 Å². The number of hydrogen-bond acceptors (Lipinski definition) is 5. The van der Waals surface area contributed by atoms with Crippen molar-refractivity contribution in [3.63, 3.8) is 0 Å². The predicted octanol–water partition coefficient (Wildman–Crippen LogP) is 2.55. The summed E-state index contributed by atoms with van der Waals surface area (Å²) in [6.07, 6.45) is 1.83. The Morgan fingerprint density at radius 1 is 0.794 bits per heavy atom. The summed E-state index contributed by atoms with van der Waals surface area (Å²) >= 11 is 0. The number of aliphatic carboxylic acids is 2. The van der Waals surface area contributed by atoms with Gasteiger partial charge in [-0.15, -0.1) is 0 Å². The van der Waals surface area contributed by atoms with Gasteiger partial charge in [0.25, 0.3) is 5.91 Å². The summed E-state index contributed by atoms with van der Waals surface area (Å²) in [5.74, 6) is -4.29. The number of anilines is 1. The number of amides is 1. The largest absolute Gasteiger partial charge is 0.473 e. The van der Waals surface area contributed by atoms with Crippen LogP contribution in [0.1, 0.15) is 23.2 Å². The number of para-hydroxylation sites is 1. The molecule has 182 valence electrons. The van der Waals surface area contributed by atoms with Crippen molar-refractivity contribution in [2.75, 3.05) is 44.2 Å². The molecule has 10 heteroatoms. The molecule has 2 saturated heterocycles. The van der Waals surface area contributed by atoms with Crippen LogP contribution in [0, 0.1) is 11.6 Å². The number of halogens is 2. The smallest absolute Gasteiger partial charge is 0.414 e. The normalized spacial score (nSPS) is 17.0. The van der Waals surface area contributed by atoms with Gasteiger partial charge < -0.3 is 20.0 Å². The van der Waals surface area contributed by atoms with E-state index in [-0.39, 0.29) is 17.5 Å². The number of piperazine rings is 1. The number of carboxylic acids is 2. The third kappa shape index (κ3) is 6.50. The highest BCUT2D eigenvalue weighted by Gasteiger charge is 2.30. The maximum Gasteiger partial charge on any atom is 0.414 e. The van der Waals surface area contributed by atoms with E-state index in [9.17, 15) is 13.6 Å². The Morgan fingerprint density at radius 2 is 1.41 bits per heavy atom. The van der Waals surface area contributed by atoms with Crippen LogP contribution >= 0.6 is 0 Å². The summed E-state index contributed by atoms with van der Waals surface area (Å²) in [6, 6.07) is 13.3. The Morgan fingerprint density at radius 3 is 1.97 bits per heavy atom. The molecule has 0 bridgehead atoms. The third-order valence-electron chi connectivity index (χ3n) is 6.03. The van der Waals surface area contributed by atoms with Crippen LogP contribution in [0.4, 0.5) is 14.5 Å². The van der Waals surface area contributed by atoms with Gasteiger partial charge in [0.05, 0.1) is 5.69 Å². The fourth-order valence-electron chi connectivity index (χ4n) is 4.27. The van der Waals surface area contributed by atoms with Crippen molar-refractivity contribution in [2.45, 2.75) is 18.9 Å². The van der Waals surface area contributed by atoms with Crippen LogP contribution in [-0.4, -0.2) is 83.2 Å². The van der Waals surface area contributed by atoms with Gasteiger partial charge in [-0.05, 0) is 43.2 Å². The maximum absolute atomic E-state index is 14.0. The number of piperidine rings is 1. The number of hydrogen-bond donors (Lipinski definition) is 2. The van der Waals surface area contributed by atoms with Crippen molar-refractivity contribution < 1.29 is 33.4 Å². The fourth-order valence-corrected chi connectivity index (χ4v) is 4.27. The van der Waals surface area contributed by atoms with E-state index in [2.05, 4.69) is 9.80 Å². The van der Waals surface area contributed by atoms with Gasteiger partial charge in [-0.1, -0.05) is 18.2 Å². The SMILES string of the molecule is O=C(O)C(=O)O.O=C(c1cccc(F)c1)N1CCC(N2CCN(c3ccccc3F)CC2)CC1. The lowest BCUT2D eigenvalue weighted by molar-refractivity contribution is -0.159. The number of carbonyl (C=O) groups excluding carboxylic acids is 1. The lowest BCUT2D eigenvalue weighted by Crippen LogP contribution is -2.54. The van der Waals surface area contributed by atoms with E-state index in [1.165, 1.54) is 18.2 Å². The first-order chi connectivity index (χ1) is 16.3. The monoisotopic (exact) mass is 475 g/mol. The topological polar surface area (TPSA) is 101 Å². The van der Waals surface area contributed by atoms with Crippen LogP contribution < -0.4 is 4.90 Å². The first-order valence-corrected chi connectivity index (χ1v) is 11.0. The van der Waals surface area contributed by atoms with Crippen molar-refractivity contribution in [1.82, 2.24) is 9.80 Å². The Kier molecular flexibility index (Phi) is 8.53. The molecule has 1 amide bonds. The Labute approximate surface area is 196 Å². The molecule has 0 aromatic heterocycles. The minimum absolute atomic E-state index is 0.0951. The molecule has 2 heterocycles. The van der Waals surface area contributed by atoms with Crippen LogP contribution in [-0.2, 0) is 9.59 Å². The van der Waals surface area contributed by atoms with Gasteiger partial charge >= 0.3 is 11.9 Å². The van der Waals surface area contributed by atoms with Gasteiger partial charge in [-0.25, -0.2) is 18.4 Å². The van der Waals surface area contributed by atoms with E-state index in [4.69, 9.17) is 19.8 Å². The van der Waals surface area contributed by atoms with Crippen molar-refractivity contribution in [1.29, 1.82) is 0 Å². The second-order valence-corrected chi connectivity index (χ2v) is 8.12. The van der Waals surface area contributed by atoms with Gasteiger partial charge in [-0.3, -0.25) is 9.69 Å². The highest BCUT2D eigenvalue weighted by Crippen LogP contribution is 2.24. The second-order valence-electron chi connectivity index (χ2n) is 8.12. The zero-order valence-corrected chi connectivity index (χ0v) is 18.6. The molecule has 4 rings (SSSR count). The van der Waals surface area contributed by atoms with E-state index in [0.29, 0.717) is 30.4 Å². The summed E-state index contributed by atoms with van der Waals surface area (Å²) in [5.41, 5.74) is 1.09. The average Bonchev–Trinajstić information content (AvgIpc) is 2.84. The highest BCUT2D eigenvalue weighted by atomic mass is 19.1. The maximum atomic E-state index is 14.0. The number of benzene rings is 2. The standard InChI is InChI=1S/C22H25F2N3O.C2H2O4/c23-18-5-3-4-17(16-18)22(28)27-10-8-19(9-11-27)25-12-14-26(15-13-25)21-7-2-1-6-20(21)24;3-1(4)2(5)6/h1-7,16,19H,8-15H2;(H,3,4)(H,5,6). The van der Waals surface area contributed by atoms with Crippen LogP contribution in [0.2, 0.25) is 0 Å². The van der Waals surface area contributed by atoms with E-state index in [0.717, 1.165) is 39.0 Å². The number of rotatable bonds is 3. The van der Waals surface area contributed by atoms with E-state index >= 15 is 0 Å². The highest BCUT2D eigenvalue weighted by molar-refractivity contribution is 6.27. The van der Waals surface area contributed by atoms with Gasteiger partial charge in [-0.2, -0.15) is 0 Å². The summed E-state index contributed by atoms with van der Waals surface area (Å²) in [7, 11) is 0. The molecule has 0 radical (unpaired) electrons. The van der Waals surface area contributed by atoms with E-state index in [1.807, 2.05) is 17.0 Å². The quantitative estimate of drug-likeness (QED) is 0.658. The van der Waals surface area contributed by atoms with Gasteiger partial charge in [0.2, 0.25) is 0 Å². The summed E-state index contributed by atoms with van der Waals surface area (Å²) in [5, 5.41) is 14.8. The third-order valence-corrected chi connectivity index (χ3v) is 6.03. The van der Waals surface area contributed by atoms with Gasteiger partial charge in [0, 0.05) is 50.9 Å². The minimum Gasteiger partial charge on any atom is -0.473 e. The van der Waals surface area contributed by atoms with E-state index in [1.54, 1.807) is 18.2 Å². The Hall–Kier alpha value is -3.53. The Bertz CT molecular complexity index is 1010. The number of carbonyl (C=O) groups is 3. The van der Waals surface area contributed by atoms with Crippen molar-refractivity contribution in [3.05, 3.63) is 65.7 Å². The lowest BCUT2D eigenvalue weighted by atomic mass is 10.0. The van der Waals surface area contributed by atoms with Crippen molar-refractivity contribution in [3.8, 4) is 0 Å². The molecule has 0 spiro atoms. The Balaban J connectivity index is 0.000000481. The average molecular weight is 475 g/mol. The fraction of sp³-hybridized carbons (Fsp3) is 0.375.